The molecule has 1 aromatic carbocycles. The van der Waals surface area contributed by atoms with Crippen LogP contribution in [0.15, 0.2) is 18.3 Å². The zero-order chi connectivity index (χ0) is 17.6. The maximum absolute atomic E-state index is 5.45. The molecule has 0 aliphatic carbocycles. The summed E-state index contributed by atoms with van der Waals surface area (Å²) < 4.78 is 12.7. The summed E-state index contributed by atoms with van der Waals surface area (Å²) in [6.45, 7) is 3.58. The molecule has 0 fully saturated rings. The number of aryl methyl sites for hydroxylation is 2. The quantitative estimate of drug-likeness (QED) is 0.729. The van der Waals surface area contributed by atoms with Crippen molar-refractivity contribution in [2.24, 2.45) is 7.05 Å². The highest BCUT2D eigenvalue weighted by Crippen LogP contribution is 2.35. The number of fused-ring (bicyclic) bond motifs is 2. The van der Waals surface area contributed by atoms with Crippen molar-refractivity contribution >= 4 is 16.9 Å². The predicted molar refractivity (Wildman–Crippen MR) is 95.3 cm³/mol. The summed E-state index contributed by atoms with van der Waals surface area (Å²) in [5, 5.41) is 5.32. The number of hydrogen-bond donors (Lipinski definition) is 0. The normalized spacial score (nSPS) is 13.8. The minimum atomic E-state index is 0.754. The Balaban J connectivity index is 1.76. The molecule has 0 bridgehead atoms. The molecule has 1 aliphatic heterocycles. The highest BCUT2D eigenvalue weighted by molar-refractivity contribution is 5.87. The number of ether oxygens (including phenoxy) is 2. The number of hydrogen-bond acceptors (Lipinski definition) is 6. The lowest BCUT2D eigenvalue weighted by Gasteiger charge is -2.31. The summed E-state index contributed by atoms with van der Waals surface area (Å²) >= 11 is 0. The molecular formula is C18H21N5O2. The fourth-order valence-electron chi connectivity index (χ4n) is 3.42. The van der Waals surface area contributed by atoms with Crippen molar-refractivity contribution in [3.63, 3.8) is 0 Å². The molecule has 0 amide bonds. The lowest BCUT2D eigenvalue weighted by molar-refractivity contribution is 0.353. The van der Waals surface area contributed by atoms with Gasteiger partial charge in [0.2, 0.25) is 0 Å². The number of benzene rings is 1. The van der Waals surface area contributed by atoms with Crippen molar-refractivity contribution in [2.45, 2.75) is 19.9 Å². The first kappa shape index (κ1) is 15.7. The molecule has 4 rings (SSSR count). The van der Waals surface area contributed by atoms with Gasteiger partial charge in [-0.3, -0.25) is 4.68 Å². The van der Waals surface area contributed by atoms with Crippen molar-refractivity contribution in [1.29, 1.82) is 0 Å². The van der Waals surface area contributed by atoms with Gasteiger partial charge in [0.15, 0.2) is 17.1 Å². The molecule has 0 unspecified atom stereocenters. The molecular weight excluding hydrogens is 318 g/mol. The molecule has 0 saturated heterocycles. The van der Waals surface area contributed by atoms with Crippen LogP contribution < -0.4 is 14.4 Å². The van der Waals surface area contributed by atoms with E-state index < -0.39 is 0 Å². The van der Waals surface area contributed by atoms with E-state index in [1.807, 2.05) is 20.2 Å². The van der Waals surface area contributed by atoms with Crippen LogP contribution in [-0.4, -0.2) is 40.5 Å². The Morgan fingerprint density at radius 3 is 2.48 bits per heavy atom. The van der Waals surface area contributed by atoms with E-state index >= 15 is 0 Å². The molecule has 0 radical (unpaired) electrons. The molecule has 0 atom stereocenters. The van der Waals surface area contributed by atoms with Crippen molar-refractivity contribution in [2.75, 3.05) is 25.7 Å². The van der Waals surface area contributed by atoms with Crippen LogP contribution in [0.1, 0.15) is 17.0 Å². The lowest BCUT2D eigenvalue weighted by atomic mass is 9.98. The topological polar surface area (TPSA) is 65.3 Å². The van der Waals surface area contributed by atoms with E-state index in [0.717, 1.165) is 53.7 Å². The fourth-order valence-corrected chi connectivity index (χ4v) is 3.42. The smallest absolute Gasteiger partial charge is 0.163 e. The van der Waals surface area contributed by atoms with E-state index in [-0.39, 0.29) is 0 Å². The molecule has 7 nitrogen and oxygen atoms in total. The summed E-state index contributed by atoms with van der Waals surface area (Å²) in [7, 11) is 5.24. The van der Waals surface area contributed by atoms with Gasteiger partial charge in [-0.1, -0.05) is 0 Å². The Bertz CT molecular complexity index is 950. The lowest BCUT2D eigenvalue weighted by Crippen LogP contribution is -2.31. The summed E-state index contributed by atoms with van der Waals surface area (Å²) in [4.78, 5) is 11.5. The Morgan fingerprint density at radius 1 is 1.04 bits per heavy atom. The monoisotopic (exact) mass is 339 g/mol. The Hall–Kier alpha value is -2.83. The third-order valence-electron chi connectivity index (χ3n) is 4.70. The minimum Gasteiger partial charge on any atom is -0.493 e. The summed E-state index contributed by atoms with van der Waals surface area (Å²) in [5.74, 6) is 3.23. The van der Waals surface area contributed by atoms with Crippen LogP contribution >= 0.6 is 0 Å². The average molecular weight is 339 g/mol. The van der Waals surface area contributed by atoms with Crippen LogP contribution in [0.4, 0.5) is 5.82 Å². The van der Waals surface area contributed by atoms with Crippen molar-refractivity contribution < 1.29 is 9.47 Å². The fraction of sp³-hybridized carbons (Fsp3) is 0.389. The zero-order valence-electron chi connectivity index (χ0n) is 14.9. The third-order valence-corrected chi connectivity index (χ3v) is 4.70. The number of aromatic nitrogens is 4. The highest BCUT2D eigenvalue weighted by Gasteiger charge is 2.23. The van der Waals surface area contributed by atoms with E-state index in [4.69, 9.17) is 14.5 Å². The molecule has 25 heavy (non-hydrogen) atoms. The van der Waals surface area contributed by atoms with E-state index in [1.54, 1.807) is 18.9 Å². The Morgan fingerprint density at radius 2 is 1.76 bits per heavy atom. The van der Waals surface area contributed by atoms with Gasteiger partial charge in [-0.2, -0.15) is 5.10 Å². The first-order valence-corrected chi connectivity index (χ1v) is 8.25. The van der Waals surface area contributed by atoms with Gasteiger partial charge in [-0.05, 0) is 36.6 Å². The number of anilines is 1. The molecule has 7 heteroatoms. The van der Waals surface area contributed by atoms with Gasteiger partial charge in [-0.15, -0.1) is 0 Å². The van der Waals surface area contributed by atoms with Crippen molar-refractivity contribution in [3.8, 4) is 11.5 Å². The van der Waals surface area contributed by atoms with Crippen molar-refractivity contribution in [3.05, 3.63) is 35.3 Å². The second-order valence-corrected chi connectivity index (χ2v) is 6.25. The van der Waals surface area contributed by atoms with E-state index in [2.05, 4.69) is 27.1 Å². The SMILES string of the molecule is COc1cc2c(cc1OC)CN(c1nc(C)nc3c1cnn3C)CC2. The van der Waals surface area contributed by atoms with Crippen LogP contribution in [0.2, 0.25) is 0 Å². The molecule has 3 heterocycles. The molecule has 2 aromatic heterocycles. The third kappa shape index (κ3) is 2.56. The van der Waals surface area contributed by atoms with Gasteiger partial charge in [0.25, 0.3) is 0 Å². The molecule has 0 N–H and O–H groups in total. The summed E-state index contributed by atoms with van der Waals surface area (Å²) in [5.41, 5.74) is 3.39. The number of nitrogens with zero attached hydrogens (tertiary/aromatic N) is 5. The van der Waals surface area contributed by atoms with Crippen LogP contribution in [-0.2, 0) is 20.0 Å². The van der Waals surface area contributed by atoms with Gasteiger partial charge in [-0.25, -0.2) is 9.97 Å². The molecule has 0 saturated carbocycles. The van der Waals surface area contributed by atoms with Gasteiger partial charge in [0.05, 0.1) is 25.8 Å². The first-order valence-electron chi connectivity index (χ1n) is 8.25. The minimum absolute atomic E-state index is 0.754. The second-order valence-electron chi connectivity index (χ2n) is 6.25. The maximum atomic E-state index is 5.45. The Labute approximate surface area is 146 Å². The predicted octanol–water partition coefficient (Wildman–Crippen LogP) is 2.25. The van der Waals surface area contributed by atoms with Gasteiger partial charge in [0, 0.05) is 20.1 Å². The van der Waals surface area contributed by atoms with Crippen LogP contribution in [0.5, 0.6) is 11.5 Å². The first-order chi connectivity index (χ1) is 12.1. The largest absolute Gasteiger partial charge is 0.493 e. The van der Waals surface area contributed by atoms with Crippen LogP contribution in [0.25, 0.3) is 11.0 Å². The number of rotatable bonds is 3. The molecule has 3 aromatic rings. The standard InChI is InChI=1S/C18H21N5O2/c1-11-20-17-14(9-19-22(17)2)18(21-11)23-6-5-12-7-15(24-3)16(25-4)8-13(12)10-23/h7-9H,5-6,10H2,1-4H3. The maximum Gasteiger partial charge on any atom is 0.163 e. The summed E-state index contributed by atoms with van der Waals surface area (Å²) in [6.07, 6.45) is 2.77. The summed E-state index contributed by atoms with van der Waals surface area (Å²) in [6, 6.07) is 4.14. The average Bonchev–Trinajstić information content (AvgIpc) is 3.00. The van der Waals surface area contributed by atoms with Gasteiger partial charge >= 0.3 is 0 Å². The van der Waals surface area contributed by atoms with Crippen LogP contribution in [0.3, 0.4) is 0 Å². The Kier molecular flexibility index (Phi) is 3.71. The molecule has 1 aliphatic rings. The zero-order valence-corrected chi connectivity index (χ0v) is 14.9. The van der Waals surface area contributed by atoms with Crippen LogP contribution in [0, 0.1) is 6.92 Å². The van der Waals surface area contributed by atoms with E-state index in [1.165, 1.54) is 11.1 Å². The van der Waals surface area contributed by atoms with E-state index in [0.29, 0.717) is 0 Å². The van der Waals surface area contributed by atoms with Gasteiger partial charge in [0.1, 0.15) is 11.6 Å². The molecule has 0 spiro atoms. The van der Waals surface area contributed by atoms with E-state index in [9.17, 15) is 0 Å². The number of methoxy groups -OCH3 is 2. The van der Waals surface area contributed by atoms with Crippen molar-refractivity contribution in [1.82, 2.24) is 19.7 Å². The van der Waals surface area contributed by atoms with Gasteiger partial charge < -0.3 is 14.4 Å². The highest BCUT2D eigenvalue weighted by atomic mass is 16.5. The molecule has 130 valence electrons. The second kappa shape index (κ2) is 5.91.